The summed E-state index contributed by atoms with van der Waals surface area (Å²) in [5.74, 6) is 1.46. The van der Waals surface area contributed by atoms with Crippen molar-refractivity contribution < 1.29 is 9.53 Å². The van der Waals surface area contributed by atoms with Gasteiger partial charge < -0.3 is 15.0 Å². The molecule has 2 aliphatic heterocycles. The van der Waals surface area contributed by atoms with Gasteiger partial charge in [0.1, 0.15) is 22.8 Å². The van der Waals surface area contributed by atoms with Crippen molar-refractivity contribution in [1.82, 2.24) is 14.8 Å². The highest BCUT2D eigenvalue weighted by Crippen LogP contribution is 2.38. The molecule has 0 aliphatic carbocycles. The summed E-state index contributed by atoms with van der Waals surface area (Å²) in [7, 11) is 1.98. The Morgan fingerprint density at radius 2 is 2.19 bits per heavy atom. The molecule has 26 heavy (non-hydrogen) atoms. The lowest BCUT2D eigenvalue weighted by Gasteiger charge is -2.34. The summed E-state index contributed by atoms with van der Waals surface area (Å²) in [6.45, 7) is 7.68. The molecule has 0 radical (unpaired) electrons. The Kier molecular flexibility index (Phi) is 3.89. The first kappa shape index (κ1) is 16.9. The van der Waals surface area contributed by atoms with E-state index in [4.69, 9.17) is 4.74 Å². The summed E-state index contributed by atoms with van der Waals surface area (Å²) in [6, 6.07) is 4.20. The molecule has 2 aromatic rings. The van der Waals surface area contributed by atoms with E-state index >= 15 is 0 Å². The first-order valence-electron chi connectivity index (χ1n) is 9.10. The lowest BCUT2D eigenvalue weighted by Crippen LogP contribution is -2.43. The van der Waals surface area contributed by atoms with Crippen LogP contribution in [0.4, 0.5) is 11.6 Å². The predicted octanol–water partition coefficient (Wildman–Crippen LogP) is 2.61. The molecule has 4 rings (SSSR count). The average Bonchev–Trinajstić information content (AvgIpc) is 3.04. The van der Waals surface area contributed by atoms with Crippen LogP contribution in [0.2, 0.25) is 0 Å². The summed E-state index contributed by atoms with van der Waals surface area (Å²) in [5.41, 5.74) is 1.89. The second-order valence-corrected chi connectivity index (χ2v) is 7.68. The standard InChI is InChI=1S/C19H25N5O2/c1-12-10-15(23(4)22-12)24-9-5-6-13(11-24)21-17-16-14(7-8-20-17)19(2,3)26-18(16)25/h7-8,10,13H,5-6,9,11H2,1-4H3,(H,20,21). The fourth-order valence-corrected chi connectivity index (χ4v) is 4.01. The van der Waals surface area contributed by atoms with Crippen molar-refractivity contribution in [3.8, 4) is 0 Å². The maximum Gasteiger partial charge on any atom is 0.343 e. The molecule has 138 valence electrons. The number of carbonyl (C=O) groups excluding carboxylic acids is 1. The van der Waals surface area contributed by atoms with Gasteiger partial charge in [-0.2, -0.15) is 5.10 Å². The van der Waals surface area contributed by atoms with E-state index in [2.05, 4.69) is 26.4 Å². The van der Waals surface area contributed by atoms with Gasteiger partial charge in [-0.3, -0.25) is 4.68 Å². The van der Waals surface area contributed by atoms with Crippen molar-refractivity contribution in [2.45, 2.75) is 45.3 Å². The number of esters is 1. The van der Waals surface area contributed by atoms with Crippen LogP contribution in [0, 0.1) is 6.92 Å². The number of ether oxygens (including phenoxy) is 1. The van der Waals surface area contributed by atoms with Gasteiger partial charge >= 0.3 is 5.97 Å². The van der Waals surface area contributed by atoms with Crippen LogP contribution >= 0.6 is 0 Å². The molecule has 1 unspecified atom stereocenters. The van der Waals surface area contributed by atoms with Gasteiger partial charge in [0, 0.05) is 44.0 Å². The number of nitrogens with one attached hydrogen (secondary N) is 1. The van der Waals surface area contributed by atoms with Crippen LogP contribution in [0.25, 0.3) is 0 Å². The Bertz CT molecular complexity index is 858. The molecule has 1 N–H and O–H groups in total. The zero-order chi connectivity index (χ0) is 18.5. The topological polar surface area (TPSA) is 72.3 Å². The van der Waals surface area contributed by atoms with Crippen molar-refractivity contribution in [2.24, 2.45) is 7.05 Å². The number of nitrogens with zero attached hydrogens (tertiary/aromatic N) is 4. The van der Waals surface area contributed by atoms with E-state index in [9.17, 15) is 4.79 Å². The van der Waals surface area contributed by atoms with E-state index in [0.29, 0.717) is 11.4 Å². The fraction of sp³-hybridized carbons (Fsp3) is 0.526. The van der Waals surface area contributed by atoms with E-state index in [1.54, 1.807) is 6.20 Å². The normalized spacial score (nSPS) is 21.5. The van der Waals surface area contributed by atoms with Crippen molar-refractivity contribution in [3.05, 3.63) is 35.2 Å². The van der Waals surface area contributed by atoms with Crippen molar-refractivity contribution in [3.63, 3.8) is 0 Å². The van der Waals surface area contributed by atoms with Crippen LogP contribution in [0.5, 0.6) is 0 Å². The number of aryl methyl sites for hydroxylation is 2. The predicted molar refractivity (Wildman–Crippen MR) is 99.5 cm³/mol. The number of aromatic nitrogens is 3. The van der Waals surface area contributed by atoms with Crippen LogP contribution < -0.4 is 10.2 Å². The second kappa shape index (κ2) is 6.00. The van der Waals surface area contributed by atoms with E-state index in [-0.39, 0.29) is 12.0 Å². The molecule has 7 nitrogen and oxygen atoms in total. The highest BCUT2D eigenvalue weighted by Gasteiger charge is 2.40. The van der Waals surface area contributed by atoms with Gasteiger partial charge in [-0.25, -0.2) is 9.78 Å². The first-order valence-corrected chi connectivity index (χ1v) is 9.10. The Morgan fingerprint density at radius 1 is 1.38 bits per heavy atom. The van der Waals surface area contributed by atoms with Gasteiger partial charge in [-0.05, 0) is 39.7 Å². The van der Waals surface area contributed by atoms with Crippen LogP contribution in [0.1, 0.15) is 48.3 Å². The molecule has 7 heteroatoms. The molecule has 0 aromatic carbocycles. The number of hydrogen-bond donors (Lipinski definition) is 1. The minimum atomic E-state index is -0.601. The largest absolute Gasteiger partial charge is 0.451 e. The number of cyclic esters (lactones) is 1. The fourth-order valence-electron chi connectivity index (χ4n) is 4.01. The quantitative estimate of drug-likeness (QED) is 0.854. The SMILES string of the molecule is Cc1cc(N2CCCC(Nc3nccc4c3C(=O)OC4(C)C)C2)n(C)n1. The number of hydrogen-bond acceptors (Lipinski definition) is 6. The van der Waals surface area contributed by atoms with Gasteiger partial charge in [-0.1, -0.05) is 0 Å². The third kappa shape index (κ3) is 2.81. The minimum absolute atomic E-state index is 0.217. The van der Waals surface area contributed by atoms with Crippen molar-refractivity contribution in [1.29, 1.82) is 0 Å². The molecule has 4 heterocycles. The average molecular weight is 355 g/mol. The van der Waals surface area contributed by atoms with E-state index in [0.717, 1.165) is 43.0 Å². The molecule has 2 aliphatic rings. The maximum atomic E-state index is 12.4. The molecule has 1 fully saturated rings. The first-order chi connectivity index (χ1) is 12.3. The van der Waals surface area contributed by atoms with Gasteiger partial charge in [0.25, 0.3) is 0 Å². The minimum Gasteiger partial charge on any atom is -0.451 e. The number of pyridine rings is 1. The van der Waals surface area contributed by atoms with Crippen LogP contribution in [0.15, 0.2) is 18.3 Å². The van der Waals surface area contributed by atoms with E-state index in [1.165, 1.54) is 0 Å². The molecule has 1 saturated heterocycles. The summed E-state index contributed by atoms with van der Waals surface area (Å²) in [4.78, 5) is 19.1. The summed E-state index contributed by atoms with van der Waals surface area (Å²) < 4.78 is 7.44. The highest BCUT2D eigenvalue weighted by molar-refractivity contribution is 5.99. The van der Waals surface area contributed by atoms with Crippen LogP contribution in [-0.2, 0) is 17.4 Å². The Morgan fingerprint density at radius 3 is 2.92 bits per heavy atom. The second-order valence-electron chi connectivity index (χ2n) is 7.68. The molecule has 1 atom stereocenters. The van der Waals surface area contributed by atoms with Gasteiger partial charge in [0.2, 0.25) is 0 Å². The summed E-state index contributed by atoms with van der Waals surface area (Å²) in [6.07, 6.45) is 3.86. The Hall–Kier alpha value is -2.57. The third-order valence-corrected chi connectivity index (χ3v) is 5.22. The van der Waals surface area contributed by atoms with E-state index < -0.39 is 5.60 Å². The molecule has 0 spiro atoms. The Labute approximate surface area is 153 Å². The van der Waals surface area contributed by atoms with Crippen LogP contribution in [-0.4, -0.2) is 39.9 Å². The summed E-state index contributed by atoms with van der Waals surface area (Å²) in [5, 5.41) is 7.94. The number of anilines is 2. The molecule has 0 saturated carbocycles. The lowest BCUT2D eigenvalue weighted by molar-refractivity contribution is 0.00958. The monoisotopic (exact) mass is 355 g/mol. The number of fused-ring (bicyclic) bond motifs is 1. The zero-order valence-electron chi connectivity index (χ0n) is 15.7. The smallest absolute Gasteiger partial charge is 0.343 e. The van der Waals surface area contributed by atoms with Gasteiger partial charge in [0.05, 0.1) is 5.69 Å². The number of carbonyl (C=O) groups is 1. The van der Waals surface area contributed by atoms with Crippen molar-refractivity contribution >= 4 is 17.6 Å². The van der Waals surface area contributed by atoms with Gasteiger partial charge in [-0.15, -0.1) is 0 Å². The van der Waals surface area contributed by atoms with Crippen molar-refractivity contribution in [2.75, 3.05) is 23.3 Å². The molecular weight excluding hydrogens is 330 g/mol. The maximum absolute atomic E-state index is 12.4. The lowest BCUT2D eigenvalue weighted by atomic mass is 9.97. The number of piperidine rings is 1. The summed E-state index contributed by atoms with van der Waals surface area (Å²) >= 11 is 0. The highest BCUT2D eigenvalue weighted by atomic mass is 16.6. The third-order valence-electron chi connectivity index (χ3n) is 5.22. The van der Waals surface area contributed by atoms with E-state index in [1.807, 2.05) is 38.6 Å². The molecule has 0 amide bonds. The molecular formula is C19H25N5O2. The molecule has 2 aromatic heterocycles. The zero-order valence-corrected chi connectivity index (χ0v) is 15.7. The van der Waals surface area contributed by atoms with Crippen LogP contribution in [0.3, 0.4) is 0 Å². The number of rotatable bonds is 3. The molecule has 0 bridgehead atoms. The van der Waals surface area contributed by atoms with Gasteiger partial charge in [0.15, 0.2) is 0 Å². The Balaban J connectivity index is 1.56.